The standard InChI is InChI=1S/C17H40N4.CH4.4BrH/c1-5-18-10-6-11-19-12-7-13-20-14-8-15-21-16-9-17(2,3)4;;;;;/h18-21H,5-16H2,1-4H3;1H4;4*1H. The van der Waals surface area contributed by atoms with E-state index in [1.165, 1.54) is 25.7 Å². The summed E-state index contributed by atoms with van der Waals surface area (Å²) < 4.78 is 0. The number of rotatable bonds is 15. The van der Waals surface area contributed by atoms with Crippen molar-refractivity contribution in [2.45, 2.75) is 60.8 Å². The molecule has 0 aromatic carbocycles. The SMILES string of the molecule is Br.Br.Br.Br.C.CCNCCCNCCCNCCCNCCC(C)(C)C. The molecule has 0 amide bonds. The summed E-state index contributed by atoms with van der Waals surface area (Å²) in [6, 6.07) is 0. The molecule has 0 aliphatic heterocycles. The van der Waals surface area contributed by atoms with Crippen LogP contribution in [0.2, 0.25) is 0 Å². The van der Waals surface area contributed by atoms with Gasteiger partial charge in [-0.05, 0) is 83.5 Å². The summed E-state index contributed by atoms with van der Waals surface area (Å²) >= 11 is 0. The minimum atomic E-state index is 0. The van der Waals surface area contributed by atoms with Crippen LogP contribution in [0.25, 0.3) is 0 Å². The van der Waals surface area contributed by atoms with Gasteiger partial charge in [-0.25, -0.2) is 0 Å². The number of halogens is 4. The lowest BCUT2D eigenvalue weighted by Gasteiger charge is -2.18. The fraction of sp³-hybridized carbons (Fsp3) is 1.00. The molecule has 0 saturated carbocycles. The maximum atomic E-state index is 3.52. The second-order valence-electron chi connectivity index (χ2n) is 6.97. The molecule has 0 rings (SSSR count). The first kappa shape index (κ1) is 42.0. The van der Waals surface area contributed by atoms with Gasteiger partial charge >= 0.3 is 0 Å². The molecule has 0 bridgehead atoms. The molecule has 0 unspecified atom stereocenters. The first-order chi connectivity index (χ1) is 10.1. The molecule has 0 aliphatic carbocycles. The minimum absolute atomic E-state index is 0. The highest BCUT2D eigenvalue weighted by molar-refractivity contribution is 8.93. The van der Waals surface area contributed by atoms with E-state index in [0.717, 1.165) is 52.4 Å². The summed E-state index contributed by atoms with van der Waals surface area (Å²) in [6.45, 7) is 18.0. The van der Waals surface area contributed by atoms with E-state index in [9.17, 15) is 0 Å². The third-order valence-corrected chi connectivity index (χ3v) is 3.42. The predicted molar refractivity (Wildman–Crippen MR) is 143 cm³/mol. The summed E-state index contributed by atoms with van der Waals surface area (Å²) in [5.74, 6) is 0. The Labute approximate surface area is 206 Å². The largest absolute Gasteiger partial charge is 0.317 e. The number of hydrogen-bond donors (Lipinski definition) is 4. The molecule has 0 heterocycles. The second kappa shape index (κ2) is 31.5. The van der Waals surface area contributed by atoms with E-state index in [2.05, 4.69) is 49.0 Å². The summed E-state index contributed by atoms with van der Waals surface area (Å²) in [7, 11) is 0. The molecule has 4 N–H and O–H groups in total. The Morgan fingerprint density at radius 3 is 1.15 bits per heavy atom. The molecule has 4 nitrogen and oxygen atoms in total. The van der Waals surface area contributed by atoms with Crippen LogP contribution in [-0.4, -0.2) is 52.4 Å². The van der Waals surface area contributed by atoms with E-state index < -0.39 is 0 Å². The zero-order valence-electron chi connectivity index (χ0n) is 16.6. The van der Waals surface area contributed by atoms with Crippen LogP contribution in [0.1, 0.15) is 60.8 Å². The van der Waals surface area contributed by atoms with Crippen molar-refractivity contribution in [1.82, 2.24) is 21.3 Å². The molecular weight excluding hydrogens is 592 g/mol. The smallest absolute Gasteiger partial charge is 0.00368 e. The Hall–Kier alpha value is 1.76. The minimum Gasteiger partial charge on any atom is -0.317 e. The summed E-state index contributed by atoms with van der Waals surface area (Å²) in [5.41, 5.74) is 0.449. The molecule has 0 aromatic rings. The van der Waals surface area contributed by atoms with Crippen molar-refractivity contribution < 1.29 is 0 Å². The van der Waals surface area contributed by atoms with Crippen LogP contribution in [0, 0.1) is 5.41 Å². The van der Waals surface area contributed by atoms with Gasteiger partial charge in [0.2, 0.25) is 0 Å². The quantitative estimate of drug-likeness (QED) is 0.192. The zero-order valence-corrected chi connectivity index (χ0v) is 23.5. The van der Waals surface area contributed by atoms with Crippen LogP contribution in [0.15, 0.2) is 0 Å². The molecule has 8 heteroatoms. The monoisotopic (exact) mass is 636 g/mol. The van der Waals surface area contributed by atoms with Gasteiger partial charge in [-0.2, -0.15) is 0 Å². The Balaban J connectivity index is -0.000000200. The lowest BCUT2D eigenvalue weighted by Crippen LogP contribution is -2.27. The molecule has 0 aromatic heterocycles. The third-order valence-electron chi connectivity index (χ3n) is 3.42. The highest BCUT2D eigenvalue weighted by Crippen LogP contribution is 2.16. The van der Waals surface area contributed by atoms with Gasteiger partial charge < -0.3 is 21.3 Å². The van der Waals surface area contributed by atoms with Gasteiger partial charge in [-0.1, -0.05) is 35.1 Å². The lowest BCUT2D eigenvalue weighted by molar-refractivity contribution is 0.366. The second-order valence-corrected chi connectivity index (χ2v) is 6.97. The molecule has 0 aliphatic rings. The Morgan fingerprint density at radius 2 is 0.846 bits per heavy atom. The van der Waals surface area contributed by atoms with Gasteiger partial charge in [0.15, 0.2) is 0 Å². The summed E-state index contributed by atoms with van der Waals surface area (Å²) in [4.78, 5) is 0. The van der Waals surface area contributed by atoms with Crippen LogP contribution in [-0.2, 0) is 0 Å². The molecule has 0 saturated heterocycles. The van der Waals surface area contributed by atoms with Crippen LogP contribution in [0.5, 0.6) is 0 Å². The highest BCUT2D eigenvalue weighted by Gasteiger charge is 2.08. The Morgan fingerprint density at radius 1 is 0.538 bits per heavy atom. The average molecular weight is 640 g/mol. The van der Waals surface area contributed by atoms with Gasteiger partial charge in [0, 0.05) is 0 Å². The fourth-order valence-electron chi connectivity index (χ4n) is 2.03. The number of nitrogens with one attached hydrogen (secondary N) is 4. The lowest BCUT2D eigenvalue weighted by atomic mass is 9.92. The molecule has 26 heavy (non-hydrogen) atoms. The normalized spacial score (nSPS) is 9.69. The van der Waals surface area contributed by atoms with Gasteiger partial charge in [-0.15, -0.1) is 67.9 Å². The van der Waals surface area contributed by atoms with Crippen molar-refractivity contribution in [3.8, 4) is 0 Å². The zero-order chi connectivity index (χ0) is 15.8. The van der Waals surface area contributed by atoms with Crippen molar-refractivity contribution >= 4 is 67.9 Å². The maximum Gasteiger partial charge on any atom is -0.00368 e. The number of hydrogen-bond acceptors (Lipinski definition) is 4. The first-order valence-electron chi connectivity index (χ1n) is 8.89. The highest BCUT2D eigenvalue weighted by atomic mass is 79.9. The van der Waals surface area contributed by atoms with Crippen molar-refractivity contribution in [3.63, 3.8) is 0 Å². The molecule has 0 atom stereocenters. The van der Waals surface area contributed by atoms with E-state index in [1.807, 2.05) is 0 Å². The predicted octanol–water partition coefficient (Wildman–Crippen LogP) is 4.92. The van der Waals surface area contributed by atoms with Crippen molar-refractivity contribution in [2.24, 2.45) is 5.41 Å². The van der Waals surface area contributed by atoms with Crippen LogP contribution >= 0.6 is 67.9 Å². The average Bonchev–Trinajstić information content (AvgIpc) is 2.42. The molecule has 0 fully saturated rings. The van der Waals surface area contributed by atoms with E-state index in [0.29, 0.717) is 5.41 Å². The van der Waals surface area contributed by atoms with Crippen molar-refractivity contribution in [1.29, 1.82) is 0 Å². The van der Waals surface area contributed by atoms with E-state index in [4.69, 9.17) is 0 Å². The van der Waals surface area contributed by atoms with Gasteiger partial charge in [0.05, 0.1) is 0 Å². The Bertz CT molecular complexity index is 218. The van der Waals surface area contributed by atoms with E-state index >= 15 is 0 Å². The molecule has 0 radical (unpaired) electrons. The first-order valence-corrected chi connectivity index (χ1v) is 8.89. The van der Waals surface area contributed by atoms with Gasteiger partial charge in [-0.3, -0.25) is 0 Å². The maximum absolute atomic E-state index is 3.52. The topological polar surface area (TPSA) is 48.1 Å². The fourth-order valence-corrected chi connectivity index (χ4v) is 2.03. The molecule has 168 valence electrons. The van der Waals surface area contributed by atoms with E-state index in [1.54, 1.807) is 0 Å². The Kier molecular flexibility index (Phi) is 50.8. The van der Waals surface area contributed by atoms with Crippen molar-refractivity contribution in [3.05, 3.63) is 0 Å². The molecular formula is C18H48Br4N4. The van der Waals surface area contributed by atoms with Crippen LogP contribution in [0.4, 0.5) is 0 Å². The summed E-state index contributed by atoms with van der Waals surface area (Å²) in [6.07, 6.45) is 4.92. The van der Waals surface area contributed by atoms with Crippen molar-refractivity contribution in [2.75, 3.05) is 52.4 Å². The molecule has 0 spiro atoms. The third kappa shape index (κ3) is 40.4. The van der Waals surface area contributed by atoms with E-state index in [-0.39, 0.29) is 75.4 Å². The van der Waals surface area contributed by atoms with Gasteiger partial charge in [0.25, 0.3) is 0 Å². The summed E-state index contributed by atoms with van der Waals surface area (Å²) in [5, 5.41) is 13.9. The van der Waals surface area contributed by atoms with Crippen LogP contribution < -0.4 is 21.3 Å². The van der Waals surface area contributed by atoms with Gasteiger partial charge in [0.1, 0.15) is 0 Å². The van der Waals surface area contributed by atoms with Crippen LogP contribution in [0.3, 0.4) is 0 Å².